The van der Waals surface area contributed by atoms with Crippen molar-refractivity contribution in [1.29, 1.82) is 0 Å². The van der Waals surface area contributed by atoms with E-state index in [-0.39, 0.29) is 11.6 Å². The van der Waals surface area contributed by atoms with Crippen LogP contribution < -0.4 is 0 Å². The quantitative estimate of drug-likeness (QED) is 0.681. The monoisotopic (exact) mass is 366 g/mol. The first-order valence-corrected chi connectivity index (χ1v) is 8.70. The topological polar surface area (TPSA) is 56.0 Å². The molecular formula is C17H13F3N2O2S. The minimum Gasteiger partial charge on any atom is -0.338 e. The maximum Gasteiger partial charge on any atom is 0.455 e. The average molecular weight is 366 g/mol. The Balaban J connectivity index is 1.89. The van der Waals surface area contributed by atoms with Crippen LogP contribution in [-0.4, -0.2) is 14.3 Å². The molecule has 25 heavy (non-hydrogen) atoms. The summed E-state index contributed by atoms with van der Waals surface area (Å²) in [7, 11) is -1.59. The van der Waals surface area contributed by atoms with E-state index in [1.54, 1.807) is 0 Å². The lowest BCUT2D eigenvalue weighted by atomic mass is 10.0. The molecule has 0 saturated carbocycles. The molecule has 1 unspecified atom stereocenters. The Labute approximate surface area is 144 Å². The first-order chi connectivity index (χ1) is 11.9. The van der Waals surface area contributed by atoms with Crippen LogP contribution in [0.1, 0.15) is 28.1 Å². The number of benzene rings is 2. The first kappa shape index (κ1) is 17.3. The zero-order valence-electron chi connectivity index (χ0n) is 12.8. The van der Waals surface area contributed by atoms with E-state index in [2.05, 4.69) is 14.7 Å². The number of hydrogen-bond acceptors (Lipinski definition) is 4. The van der Waals surface area contributed by atoms with E-state index < -0.39 is 28.1 Å². The highest BCUT2D eigenvalue weighted by Gasteiger charge is 2.37. The lowest BCUT2D eigenvalue weighted by molar-refractivity contribution is -0.146. The molecule has 130 valence electrons. The number of hydrogen-bond donors (Lipinski definition) is 0. The van der Waals surface area contributed by atoms with Gasteiger partial charge in [0.25, 0.3) is 5.82 Å². The summed E-state index contributed by atoms with van der Waals surface area (Å²) >= 11 is 0. The van der Waals surface area contributed by atoms with Crippen molar-refractivity contribution in [3.05, 3.63) is 83.5 Å². The molecule has 3 aromatic rings. The Kier molecular flexibility index (Phi) is 4.98. The minimum atomic E-state index is -4.69. The van der Waals surface area contributed by atoms with Crippen LogP contribution in [0.5, 0.6) is 0 Å². The van der Waals surface area contributed by atoms with E-state index in [0.717, 1.165) is 11.1 Å². The summed E-state index contributed by atoms with van der Waals surface area (Å²) < 4.78 is 55.2. The molecule has 0 aliphatic carbocycles. The van der Waals surface area contributed by atoms with Gasteiger partial charge in [0, 0.05) is 10.8 Å². The summed E-state index contributed by atoms with van der Waals surface area (Å²) in [4.78, 5) is 3.30. The third kappa shape index (κ3) is 4.14. The van der Waals surface area contributed by atoms with Crippen LogP contribution in [0, 0.1) is 0 Å². The molecule has 0 bridgehead atoms. The Hall–Kier alpha value is -2.48. The number of alkyl halides is 3. The van der Waals surface area contributed by atoms with Gasteiger partial charge in [-0.05, 0) is 11.1 Å². The highest BCUT2D eigenvalue weighted by atomic mass is 32.2. The van der Waals surface area contributed by atoms with Gasteiger partial charge in [-0.2, -0.15) is 18.2 Å². The fourth-order valence-electron chi connectivity index (χ4n) is 2.39. The summed E-state index contributed by atoms with van der Waals surface area (Å²) in [6.07, 6.45) is -4.69. The van der Waals surface area contributed by atoms with Crippen molar-refractivity contribution in [2.45, 2.75) is 17.2 Å². The molecule has 0 amide bonds. The van der Waals surface area contributed by atoms with E-state index in [1.807, 2.05) is 60.7 Å². The summed E-state index contributed by atoms with van der Waals surface area (Å²) in [5.41, 5.74) is 1.59. The van der Waals surface area contributed by atoms with Crippen LogP contribution in [0.25, 0.3) is 0 Å². The van der Waals surface area contributed by atoms with Gasteiger partial charge >= 0.3 is 6.18 Å². The van der Waals surface area contributed by atoms with E-state index in [1.165, 1.54) is 0 Å². The van der Waals surface area contributed by atoms with Gasteiger partial charge in [-0.3, -0.25) is 4.21 Å². The average Bonchev–Trinajstić information content (AvgIpc) is 3.06. The third-order valence-electron chi connectivity index (χ3n) is 3.45. The van der Waals surface area contributed by atoms with Gasteiger partial charge in [0.1, 0.15) is 5.75 Å². The van der Waals surface area contributed by atoms with E-state index in [0.29, 0.717) is 0 Å². The van der Waals surface area contributed by atoms with Crippen molar-refractivity contribution in [2.24, 2.45) is 0 Å². The standard InChI is InChI=1S/C17H13F3N2O2S/c18-17(19,20)16-21-14(24-22-16)11-25(23)15(12-7-3-1-4-8-12)13-9-5-2-6-10-13/h1-10,15H,11H2. The van der Waals surface area contributed by atoms with E-state index >= 15 is 0 Å². The van der Waals surface area contributed by atoms with Gasteiger partial charge in [-0.25, -0.2) is 0 Å². The molecule has 3 rings (SSSR count). The van der Waals surface area contributed by atoms with Crippen LogP contribution >= 0.6 is 0 Å². The van der Waals surface area contributed by atoms with Crippen LogP contribution in [0.15, 0.2) is 65.2 Å². The predicted octanol–water partition coefficient (Wildman–Crippen LogP) is 4.13. The molecule has 8 heteroatoms. The van der Waals surface area contributed by atoms with Crippen LogP contribution in [0.4, 0.5) is 13.2 Å². The highest BCUT2D eigenvalue weighted by molar-refractivity contribution is 7.84. The van der Waals surface area contributed by atoms with Crippen molar-refractivity contribution in [3.63, 3.8) is 0 Å². The molecule has 0 aliphatic rings. The zero-order valence-corrected chi connectivity index (χ0v) is 13.6. The van der Waals surface area contributed by atoms with Crippen molar-refractivity contribution in [2.75, 3.05) is 0 Å². The molecule has 1 atom stereocenters. The van der Waals surface area contributed by atoms with E-state index in [4.69, 9.17) is 0 Å². The highest BCUT2D eigenvalue weighted by Crippen LogP contribution is 2.31. The molecule has 0 fully saturated rings. The molecule has 0 N–H and O–H groups in total. The third-order valence-corrected chi connectivity index (χ3v) is 5.06. The minimum absolute atomic E-state index is 0.266. The molecule has 0 spiro atoms. The molecule has 1 aromatic heterocycles. The van der Waals surface area contributed by atoms with Gasteiger partial charge in [-0.1, -0.05) is 65.8 Å². The van der Waals surface area contributed by atoms with Gasteiger partial charge in [0.15, 0.2) is 0 Å². The van der Waals surface area contributed by atoms with Gasteiger partial charge in [0.2, 0.25) is 5.89 Å². The van der Waals surface area contributed by atoms with Crippen molar-refractivity contribution in [1.82, 2.24) is 10.1 Å². The number of nitrogens with zero attached hydrogens (tertiary/aromatic N) is 2. The Morgan fingerprint density at radius 3 is 1.92 bits per heavy atom. The first-order valence-electron chi connectivity index (χ1n) is 7.32. The second kappa shape index (κ2) is 7.18. The molecule has 2 aromatic carbocycles. The number of halogens is 3. The molecule has 0 aliphatic heterocycles. The van der Waals surface area contributed by atoms with Crippen LogP contribution in [0.3, 0.4) is 0 Å². The maximum absolute atomic E-state index is 12.9. The summed E-state index contributed by atoms with van der Waals surface area (Å²) in [6, 6.07) is 18.2. The molecule has 0 saturated heterocycles. The summed E-state index contributed by atoms with van der Waals surface area (Å²) in [5, 5.41) is 2.39. The zero-order chi connectivity index (χ0) is 17.9. The fraction of sp³-hybridized carbons (Fsp3) is 0.176. The largest absolute Gasteiger partial charge is 0.455 e. The normalized spacial score (nSPS) is 13.1. The smallest absolute Gasteiger partial charge is 0.338 e. The lowest BCUT2D eigenvalue weighted by Gasteiger charge is -2.16. The van der Waals surface area contributed by atoms with Crippen LogP contribution in [-0.2, 0) is 22.7 Å². The molecule has 0 radical (unpaired) electrons. The van der Waals surface area contributed by atoms with Gasteiger partial charge in [0.05, 0.1) is 5.25 Å². The number of aromatic nitrogens is 2. The fourth-order valence-corrected chi connectivity index (χ4v) is 3.83. The van der Waals surface area contributed by atoms with Crippen molar-refractivity contribution < 1.29 is 21.9 Å². The predicted molar refractivity (Wildman–Crippen MR) is 85.9 cm³/mol. The molecule has 1 heterocycles. The van der Waals surface area contributed by atoms with Gasteiger partial charge in [-0.15, -0.1) is 0 Å². The second-order valence-electron chi connectivity index (χ2n) is 5.24. The van der Waals surface area contributed by atoms with Crippen molar-refractivity contribution in [3.8, 4) is 0 Å². The van der Waals surface area contributed by atoms with Crippen LogP contribution in [0.2, 0.25) is 0 Å². The summed E-state index contributed by atoms with van der Waals surface area (Å²) in [5.74, 6) is -1.93. The Bertz CT molecular complexity index is 812. The van der Waals surface area contributed by atoms with E-state index in [9.17, 15) is 17.4 Å². The Morgan fingerprint density at radius 1 is 0.960 bits per heavy atom. The molecular weight excluding hydrogens is 353 g/mol. The number of rotatable bonds is 5. The second-order valence-corrected chi connectivity index (χ2v) is 6.76. The van der Waals surface area contributed by atoms with Gasteiger partial charge < -0.3 is 4.52 Å². The summed E-state index contributed by atoms with van der Waals surface area (Å²) in [6.45, 7) is 0. The SMILES string of the molecule is O=S(Cc1nc(C(F)(F)F)no1)C(c1ccccc1)c1ccccc1. The lowest BCUT2D eigenvalue weighted by Crippen LogP contribution is -2.11. The Morgan fingerprint density at radius 2 is 1.48 bits per heavy atom. The van der Waals surface area contributed by atoms with Crippen molar-refractivity contribution >= 4 is 10.8 Å². The molecule has 4 nitrogen and oxygen atoms in total. The maximum atomic E-state index is 12.9.